The molecule has 1 aromatic carbocycles. The number of benzene rings is 1. The average molecular weight is 303 g/mol. The van der Waals surface area contributed by atoms with Gasteiger partial charge in [-0.1, -0.05) is 52.9 Å². The summed E-state index contributed by atoms with van der Waals surface area (Å²) in [5, 5.41) is 1.98. The van der Waals surface area contributed by atoms with Crippen molar-refractivity contribution < 1.29 is 4.84 Å². The fraction of sp³-hybridized carbons (Fsp3) is 0.455. The SMILES string of the molecule is CN1OC(CI)CC1c1ccccc1. The van der Waals surface area contributed by atoms with Gasteiger partial charge in [0.1, 0.15) is 0 Å². The molecule has 2 rings (SSSR count). The van der Waals surface area contributed by atoms with Gasteiger partial charge in [-0.25, -0.2) is 0 Å². The van der Waals surface area contributed by atoms with Crippen LogP contribution < -0.4 is 0 Å². The van der Waals surface area contributed by atoms with Crippen molar-refractivity contribution in [3.05, 3.63) is 35.9 Å². The second kappa shape index (κ2) is 4.59. The van der Waals surface area contributed by atoms with Crippen LogP contribution in [0.5, 0.6) is 0 Å². The van der Waals surface area contributed by atoms with Crippen LogP contribution >= 0.6 is 22.6 Å². The van der Waals surface area contributed by atoms with E-state index >= 15 is 0 Å². The number of rotatable bonds is 2. The third-order valence-electron chi connectivity index (χ3n) is 2.60. The zero-order valence-electron chi connectivity index (χ0n) is 8.19. The van der Waals surface area contributed by atoms with E-state index in [2.05, 4.69) is 52.9 Å². The van der Waals surface area contributed by atoms with Gasteiger partial charge >= 0.3 is 0 Å². The van der Waals surface area contributed by atoms with Crippen molar-refractivity contribution in [2.45, 2.75) is 18.6 Å². The number of alkyl halides is 1. The molecule has 2 unspecified atom stereocenters. The summed E-state index contributed by atoms with van der Waals surface area (Å²) in [5.41, 5.74) is 1.35. The maximum Gasteiger partial charge on any atom is 0.0901 e. The van der Waals surface area contributed by atoms with Gasteiger partial charge in [0, 0.05) is 11.5 Å². The zero-order chi connectivity index (χ0) is 9.97. The van der Waals surface area contributed by atoms with Gasteiger partial charge in [-0.15, -0.1) is 0 Å². The van der Waals surface area contributed by atoms with E-state index in [0.29, 0.717) is 12.1 Å². The van der Waals surface area contributed by atoms with Gasteiger partial charge in [0.2, 0.25) is 0 Å². The highest BCUT2D eigenvalue weighted by Crippen LogP contribution is 2.32. The molecule has 3 heteroatoms. The standard InChI is InChI=1S/C11H14INO/c1-13-11(7-10(8-12)14-13)9-5-3-2-4-6-9/h2-6,10-11H,7-8H2,1H3. The van der Waals surface area contributed by atoms with Gasteiger partial charge in [-0.2, -0.15) is 5.06 Å². The van der Waals surface area contributed by atoms with Gasteiger partial charge in [0.25, 0.3) is 0 Å². The van der Waals surface area contributed by atoms with E-state index in [0.717, 1.165) is 10.8 Å². The van der Waals surface area contributed by atoms with E-state index in [1.165, 1.54) is 5.56 Å². The molecule has 0 radical (unpaired) electrons. The predicted octanol–water partition coefficient (Wildman–Crippen LogP) is 2.80. The first-order chi connectivity index (χ1) is 6.81. The summed E-state index contributed by atoms with van der Waals surface area (Å²) in [6.45, 7) is 0. The summed E-state index contributed by atoms with van der Waals surface area (Å²) in [6.07, 6.45) is 1.48. The number of hydrogen-bond acceptors (Lipinski definition) is 2. The molecule has 0 amide bonds. The van der Waals surface area contributed by atoms with E-state index in [9.17, 15) is 0 Å². The van der Waals surface area contributed by atoms with Crippen molar-refractivity contribution in [1.82, 2.24) is 5.06 Å². The topological polar surface area (TPSA) is 12.5 Å². The largest absolute Gasteiger partial charge is 0.294 e. The lowest BCUT2D eigenvalue weighted by Gasteiger charge is -2.17. The molecule has 0 spiro atoms. The first-order valence-electron chi connectivity index (χ1n) is 4.82. The molecule has 14 heavy (non-hydrogen) atoms. The smallest absolute Gasteiger partial charge is 0.0901 e. The molecular formula is C11H14INO. The van der Waals surface area contributed by atoms with Crippen molar-refractivity contribution in [2.24, 2.45) is 0 Å². The number of hydroxylamine groups is 2. The molecule has 0 aliphatic carbocycles. The minimum absolute atomic E-state index is 0.380. The Labute approximate surface area is 98.3 Å². The van der Waals surface area contributed by atoms with E-state index in [4.69, 9.17) is 4.84 Å². The molecule has 1 fully saturated rings. The van der Waals surface area contributed by atoms with Gasteiger partial charge in [-0.05, 0) is 12.0 Å². The molecule has 0 bridgehead atoms. The molecular weight excluding hydrogens is 289 g/mol. The van der Waals surface area contributed by atoms with Crippen molar-refractivity contribution in [3.63, 3.8) is 0 Å². The first kappa shape index (κ1) is 10.4. The molecule has 1 aliphatic heterocycles. The Kier molecular flexibility index (Phi) is 3.41. The summed E-state index contributed by atoms with van der Waals surface area (Å²) >= 11 is 2.38. The van der Waals surface area contributed by atoms with Gasteiger partial charge in [0.05, 0.1) is 12.1 Å². The van der Waals surface area contributed by atoms with Crippen molar-refractivity contribution >= 4 is 22.6 Å². The van der Waals surface area contributed by atoms with Crippen LogP contribution in [0, 0.1) is 0 Å². The fourth-order valence-corrected chi connectivity index (χ4v) is 2.38. The maximum atomic E-state index is 5.70. The van der Waals surface area contributed by atoms with Gasteiger partial charge < -0.3 is 0 Å². The fourth-order valence-electron chi connectivity index (χ4n) is 1.86. The van der Waals surface area contributed by atoms with Crippen LogP contribution in [0.4, 0.5) is 0 Å². The quantitative estimate of drug-likeness (QED) is 0.615. The Morgan fingerprint density at radius 2 is 2.14 bits per heavy atom. The Morgan fingerprint density at radius 1 is 1.43 bits per heavy atom. The lowest BCUT2D eigenvalue weighted by Crippen LogP contribution is -2.17. The Balaban J connectivity index is 2.13. The highest BCUT2D eigenvalue weighted by atomic mass is 127. The van der Waals surface area contributed by atoms with Crippen LogP contribution in [0.2, 0.25) is 0 Å². The Morgan fingerprint density at radius 3 is 2.71 bits per heavy atom. The molecule has 1 saturated heterocycles. The number of halogens is 1. The summed E-state index contributed by atoms with van der Waals surface area (Å²) in [4.78, 5) is 5.70. The van der Waals surface area contributed by atoms with E-state index < -0.39 is 0 Å². The van der Waals surface area contributed by atoms with Crippen LogP contribution in [-0.2, 0) is 4.84 Å². The summed E-state index contributed by atoms with van der Waals surface area (Å²) in [7, 11) is 2.02. The van der Waals surface area contributed by atoms with Crippen LogP contribution in [0.3, 0.4) is 0 Å². The monoisotopic (exact) mass is 303 g/mol. The highest BCUT2D eigenvalue weighted by Gasteiger charge is 2.30. The van der Waals surface area contributed by atoms with Gasteiger partial charge in [-0.3, -0.25) is 4.84 Å². The first-order valence-corrected chi connectivity index (χ1v) is 6.34. The molecule has 1 heterocycles. The molecule has 76 valence electrons. The second-order valence-corrected chi connectivity index (χ2v) is 4.47. The maximum absolute atomic E-state index is 5.70. The Bertz CT molecular complexity index is 291. The number of hydrogen-bond donors (Lipinski definition) is 0. The summed E-state index contributed by atoms with van der Waals surface area (Å²) in [5.74, 6) is 0. The lowest BCUT2D eigenvalue weighted by atomic mass is 10.0. The number of nitrogens with zero attached hydrogens (tertiary/aromatic N) is 1. The average Bonchev–Trinajstić information content (AvgIpc) is 2.61. The summed E-state index contributed by atoms with van der Waals surface area (Å²) < 4.78 is 1.06. The van der Waals surface area contributed by atoms with Crippen LogP contribution in [-0.4, -0.2) is 22.6 Å². The predicted molar refractivity (Wildman–Crippen MR) is 65.3 cm³/mol. The molecule has 2 nitrogen and oxygen atoms in total. The van der Waals surface area contributed by atoms with Crippen LogP contribution in [0.25, 0.3) is 0 Å². The highest BCUT2D eigenvalue weighted by molar-refractivity contribution is 14.1. The molecule has 0 aromatic heterocycles. The summed E-state index contributed by atoms with van der Waals surface area (Å²) in [6, 6.07) is 11.0. The van der Waals surface area contributed by atoms with Crippen molar-refractivity contribution in [1.29, 1.82) is 0 Å². The zero-order valence-corrected chi connectivity index (χ0v) is 10.3. The second-order valence-electron chi connectivity index (χ2n) is 3.59. The molecule has 0 N–H and O–H groups in total. The van der Waals surface area contributed by atoms with E-state index in [1.807, 2.05) is 12.1 Å². The minimum Gasteiger partial charge on any atom is -0.294 e. The van der Waals surface area contributed by atoms with Crippen LogP contribution in [0.15, 0.2) is 30.3 Å². The molecule has 1 aromatic rings. The van der Waals surface area contributed by atoms with Crippen molar-refractivity contribution in [2.75, 3.05) is 11.5 Å². The molecule has 0 saturated carbocycles. The van der Waals surface area contributed by atoms with E-state index in [1.54, 1.807) is 0 Å². The third-order valence-corrected chi connectivity index (χ3v) is 3.58. The Hall–Kier alpha value is -0.130. The third kappa shape index (κ3) is 2.10. The molecule has 1 aliphatic rings. The molecule has 2 atom stereocenters. The van der Waals surface area contributed by atoms with Crippen LogP contribution in [0.1, 0.15) is 18.0 Å². The minimum atomic E-state index is 0.380. The normalized spacial score (nSPS) is 28.1. The van der Waals surface area contributed by atoms with Gasteiger partial charge in [0.15, 0.2) is 0 Å². The lowest BCUT2D eigenvalue weighted by molar-refractivity contribution is -0.136. The van der Waals surface area contributed by atoms with Crippen molar-refractivity contribution in [3.8, 4) is 0 Å². The van der Waals surface area contributed by atoms with E-state index in [-0.39, 0.29) is 0 Å².